The van der Waals surface area contributed by atoms with Crippen molar-refractivity contribution in [3.05, 3.63) is 60.3 Å². The Balaban J connectivity index is 1.59. The monoisotopic (exact) mass is 281 g/mol. The predicted octanol–water partition coefficient (Wildman–Crippen LogP) is 1.77. The van der Waals surface area contributed by atoms with Crippen molar-refractivity contribution in [1.82, 2.24) is 25.5 Å². The number of hydrogen-bond donors (Lipinski definition) is 3. The van der Waals surface area contributed by atoms with Crippen LogP contribution in [0.2, 0.25) is 0 Å². The molecule has 0 atom stereocenters. The minimum absolute atomic E-state index is 0.170. The summed E-state index contributed by atoms with van der Waals surface area (Å²) >= 11 is 0. The number of H-pyrrole nitrogens is 2. The molecule has 0 radical (unpaired) electrons. The maximum Gasteiger partial charge on any atom is 0.269 e. The van der Waals surface area contributed by atoms with Crippen LogP contribution in [-0.2, 0) is 6.42 Å². The molecule has 0 spiro atoms. The summed E-state index contributed by atoms with van der Waals surface area (Å²) in [7, 11) is 0. The molecule has 2 aromatic heterocycles. The van der Waals surface area contributed by atoms with Gasteiger partial charge < -0.3 is 10.3 Å². The number of aromatic nitrogens is 4. The summed E-state index contributed by atoms with van der Waals surface area (Å²) in [5.74, 6) is 0.682. The summed E-state index contributed by atoms with van der Waals surface area (Å²) in [6.45, 7) is 0.520. The molecule has 3 N–H and O–H groups in total. The van der Waals surface area contributed by atoms with Crippen LogP contribution in [0, 0.1) is 0 Å². The number of aromatic amines is 2. The molecule has 0 saturated carbocycles. The van der Waals surface area contributed by atoms with Gasteiger partial charge in [0, 0.05) is 30.9 Å². The van der Waals surface area contributed by atoms with Crippen molar-refractivity contribution in [2.24, 2.45) is 0 Å². The van der Waals surface area contributed by atoms with Gasteiger partial charge in [0.15, 0.2) is 0 Å². The van der Waals surface area contributed by atoms with Crippen LogP contribution in [0.1, 0.15) is 16.3 Å². The lowest BCUT2D eigenvalue weighted by atomic mass is 10.1. The van der Waals surface area contributed by atoms with E-state index in [0.29, 0.717) is 18.7 Å². The number of carbonyl (C=O) groups is 1. The van der Waals surface area contributed by atoms with E-state index in [1.165, 1.54) is 0 Å². The number of nitrogens with one attached hydrogen (secondary N) is 3. The molecule has 106 valence electrons. The summed E-state index contributed by atoms with van der Waals surface area (Å²) < 4.78 is 0. The molecular formula is C15H15N5O. The average Bonchev–Trinajstić information content (AvgIpc) is 3.20. The Morgan fingerprint density at radius 1 is 1.24 bits per heavy atom. The van der Waals surface area contributed by atoms with E-state index in [9.17, 15) is 4.79 Å². The second-order valence-electron chi connectivity index (χ2n) is 4.57. The SMILES string of the molecule is O=C(NCCc1ncc[nH]1)c1cc(-c2ccccc2)n[nH]1. The first-order chi connectivity index (χ1) is 10.3. The summed E-state index contributed by atoms with van der Waals surface area (Å²) in [5.41, 5.74) is 2.18. The standard InChI is InChI=1S/C15H15N5O/c21-15(18-7-6-14-16-8-9-17-14)13-10-12(19-20-13)11-4-2-1-3-5-11/h1-5,8-10H,6-7H2,(H,16,17)(H,18,21)(H,19,20). The molecule has 3 rings (SSSR count). The number of carbonyl (C=O) groups excluding carboxylic acids is 1. The highest BCUT2D eigenvalue weighted by Gasteiger charge is 2.10. The topological polar surface area (TPSA) is 86.5 Å². The van der Waals surface area contributed by atoms with Gasteiger partial charge in [-0.15, -0.1) is 0 Å². The summed E-state index contributed by atoms with van der Waals surface area (Å²) in [6, 6.07) is 11.5. The zero-order chi connectivity index (χ0) is 14.5. The minimum atomic E-state index is -0.170. The summed E-state index contributed by atoms with van der Waals surface area (Å²) in [5, 5.41) is 9.76. The van der Waals surface area contributed by atoms with E-state index in [1.807, 2.05) is 30.3 Å². The van der Waals surface area contributed by atoms with Crippen LogP contribution in [0.25, 0.3) is 11.3 Å². The fraction of sp³-hybridized carbons (Fsp3) is 0.133. The van der Waals surface area contributed by atoms with Crippen LogP contribution in [0.5, 0.6) is 0 Å². The lowest BCUT2D eigenvalue weighted by molar-refractivity contribution is 0.0949. The van der Waals surface area contributed by atoms with E-state index in [1.54, 1.807) is 18.5 Å². The Bertz CT molecular complexity index is 703. The average molecular weight is 281 g/mol. The van der Waals surface area contributed by atoms with Gasteiger partial charge in [-0.2, -0.15) is 5.10 Å². The van der Waals surface area contributed by atoms with Crippen molar-refractivity contribution in [2.45, 2.75) is 6.42 Å². The van der Waals surface area contributed by atoms with E-state index in [0.717, 1.165) is 17.1 Å². The third-order valence-corrected chi connectivity index (χ3v) is 3.09. The van der Waals surface area contributed by atoms with Crippen molar-refractivity contribution < 1.29 is 4.79 Å². The minimum Gasteiger partial charge on any atom is -0.350 e. The van der Waals surface area contributed by atoms with Gasteiger partial charge in [-0.1, -0.05) is 30.3 Å². The Kier molecular flexibility index (Phi) is 3.77. The molecule has 6 nitrogen and oxygen atoms in total. The number of nitrogens with zero attached hydrogens (tertiary/aromatic N) is 2. The van der Waals surface area contributed by atoms with Crippen LogP contribution in [0.15, 0.2) is 48.8 Å². The molecule has 21 heavy (non-hydrogen) atoms. The second kappa shape index (κ2) is 6.04. The molecule has 1 amide bonds. The Morgan fingerprint density at radius 3 is 2.86 bits per heavy atom. The van der Waals surface area contributed by atoms with E-state index < -0.39 is 0 Å². The maximum absolute atomic E-state index is 12.0. The van der Waals surface area contributed by atoms with Gasteiger partial charge in [0.25, 0.3) is 5.91 Å². The molecule has 0 bridgehead atoms. The molecule has 0 fully saturated rings. The molecular weight excluding hydrogens is 266 g/mol. The second-order valence-corrected chi connectivity index (χ2v) is 4.57. The molecule has 0 aliphatic rings. The maximum atomic E-state index is 12.0. The van der Waals surface area contributed by atoms with Crippen LogP contribution in [-0.4, -0.2) is 32.6 Å². The molecule has 0 aliphatic carbocycles. The first-order valence-electron chi connectivity index (χ1n) is 6.70. The molecule has 2 heterocycles. The van der Waals surface area contributed by atoms with Crippen molar-refractivity contribution in [3.8, 4) is 11.3 Å². The number of amides is 1. The largest absolute Gasteiger partial charge is 0.350 e. The highest BCUT2D eigenvalue weighted by atomic mass is 16.1. The van der Waals surface area contributed by atoms with Gasteiger partial charge in [-0.05, 0) is 6.07 Å². The quantitative estimate of drug-likeness (QED) is 0.666. The lowest BCUT2D eigenvalue weighted by Gasteiger charge is -2.01. The first-order valence-corrected chi connectivity index (χ1v) is 6.70. The van der Waals surface area contributed by atoms with Crippen LogP contribution in [0.3, 0.4) is 0 Å². The van der Waals surface area contributed by atoms with Crippen molar-refractivity contribution >= 4 is 5.91 Å². The predicted molar refractivity (Wildman–Crippen MR) is 78.6 cm³/mol. The number of hydrogen-bond acceptors (Lipinski definition) is 3. The zero-order valence-corrected chi connectivity index (χ0v) is 11.3. The van der Waals surface area contributed by atoms with Crippen molar-refractivity contribution in [3.63, 3.8) is 0 Å². The Morgan fingerprint density at radius 2 is 2.10 bits per heavy atom. The number of benzene rings is 1. The molecule has 6 heteroatoms. The normalized spacial score (nSPS) is 10.5. The van der Waals surface area contributed by atoms with Crippen LogP contribution < -0.4 is 5.32 Å². The fourth-order valence-corrected chi connectivity index (χ4v) is 2.02. The van der Waals surface area contributed by atoms with Gasteiger partial charge in [0.05, 0.1) is 5.69 Å². The Hall–Kier alpha value is -2.89. The van der Waals surface area contributed by atoms with Gasteiger partial charge in [0.1, 0.15) is 11.5 Å². The van der Waals surface area contributed by atoms with E-state index in [4.69, 9.17) is 0 Å². The van der Waals surface area contributed by atoms with Crippen molar-refractivity contribution in [1.29, 1.82) is 0 Å². The fourth-order valence-electron chi connectivity index (χ4n) is 2.02. The van der Waals surface area contributed by atoms with Crippen LogP contribution >= 0.6 is 0 Å². The van der Waals surface area contributed by atoms with Gasteiger partial charge >= 0.3 is 0 Å². The van der Waals surface area contributed by atoms with Crippen LogP contribution in [0.4, 0.5) is 0 Å². The number of imidazole rings is 1. The van der Waals surface area contributed by atoms with Gasteiger partial charge in [-0.25, -0.2) is 4.98 Å². The Labute approximate surface area is 121 Å². The van der Waals surface area contributed by atoms with Gasteiger partial charge in [0.2, 0.25) is 0 Å². The molecule has 3 aromatic rings. The summed E-state index contributed by atoms with van der Waals surface area (Å²) in [6.07, 6.45) is 4.12. The third-order valence-electron chi connectivity index (χ3n) is 3.09. The summed E-state index contributed by atoms with van der Waals surface area (Å²) in [4.78, 5) is 19.1. The lowest BCUT2D eigenvalue weighted by Crippen LogP contribution is -2.26. The van der Waals surface area contributed by atoms with E-state index in [2.05, 4.69) is 25.5 Å². The highest BCUT2D eigenvalue weighted by Crippen LogP contribution is 2.16. The van der Waals surface area contributed by atoms with Gasteiger partial charge in [-0.3, -0.25) is 9.89 Å². The first kappa shape index (κ1) is 13.1. The zero-order valence-electron chi connectivity index (χ0n) is 11.3. The van der Waals surface area contributed by atoms with Crippen molar-refractivity contribution in [2.75, 3.05) is 6.54 Å². The molecule has 0 aliphatic heterocycles. The molecule has 1 aromatic carbocycles. The third kappa shape index (κ3) is 3.17. The molecule has 0 saturated heterocycles. The highest BCUT2D eigenvalue weighted by molar-refractivity contribution is 5.93. The van der Waals surface area contributed by atoms with E-state index >= 15 is 0 Å². The van der Waals surface area contributed by atoms with E-state index in [-0.39, 0.29) is 5.91 Å². The molecule has 0 unspecified atom stereocenters. The smallest absolute Gasteiger partial charge is 0.269 e. The number of rotatable bonds is 5.